The Morgan fingerprint density at radius 1 is 0.833 bits per heavy atom. The molecule has 1 aliphatic rings. The molecule has 0 radical (unpaired) electrons. The lowest BCUT2D eigenvalue weighted by atomic mass is 9.91. The molecule has 4 aromatic rings. The van der Waals surface area contributed by atoms with E-state index in [2.05, 4.69) is 0 Å². The SMILES string of the molecule is Cc1nc2c(c(=O)n1C(c1ccccc1)c1ccccc1)CN(Cc1ccc(C(O)(C(F)(F)F)C(F)(F)F)cc1)CC2. The summed E-state index contributed by atoms with van der Waals surface area (Å²) in [4.78, 5) is 20.7. The summed E-state index contributed by atoms with van der Waals surface area (Å²) in [5, 5.41) is 9.66. The predicted molar refractivity (Wildman–Crippen MR) is 144 cm³/mol. The third-order valence-corrected chi connectivity index (χ3v) is 7.60. The molecule has 1 aliphatic heterocycles. The molecule has 1 aromatic heterocycles. The van der Waals surface area contributed by atoms with Crippen LogP contribution in [0, 0.1) is 6.92 Å². The monoisotopic (exact) mass is 587 g/mol. The highest BCUT2D eigenvalue weighted by atomic mass is 19.4. The van der Waals surface area contributed by atoms with Crippen LogP contribution in [0.5, 0.6) is 0 Å². The molecule has 3 aromatic carbocycles. The van der Waals surface area contributed by atoms with Crippen molar-refractivity contribution >= 4 is 0 Å². The van der Waals surface area contributed by atoms with Crippen molar-refractivity contribution in [3.8, 4) is 0 Å². The second kappa shape index (κ2) is 11.0. The molecule has 0 aliphatic carbocycles. The number of halogens is 6. The van der Waals surface area contributed by atoms with E-state index in [1.165, 1.54) is 0 Å². The third-order valence-electron chi connectivity index (χ3n) is 7.60. The Kier molecular flexibility index (Phi) is 7.76. The van der Waals surface area contributed by atoms with Gasteiger partial charge in [0.2, 0.25) is 0 Å². The van der Waals surface area contributed by atoms with Crippen molar-refractivity contribution in [1.29, 1.82) is 0 Å². The van der Waals surface area contributed by atoms with Gasteiger partial charge in [-0.1, -0.05) is 84.9 Å². The molecule has 11 heteroatoms. The van der Waals surface area contributed by atoms with Crippen LogP contribution in [0.4, 0.5) is 26.3 Å². The van der Waals surface area contributed by atoms with Crippen molar-refractivity contribution in [1.82, 2.24) is 14.5 Å². The quantitative estimate of drug-likeness (QED) is 0.279. The molecule has 1 N–H and O–H groups in total. The van der Waals surface area contributed by atoms with E-state index in [4.69, 9.17) is 4.98 Å². The standard InChI is InChI=1S/C31H27F6N3O2/c1-20-38-26-16-17-39(18-21-12-14-24(15-13-21)29(42,30(32,33)34)31(35,36)37)19-25(26)28(41)40(20)27(22-8-4-2-5-9-22)23-10-6-3-7-11-23/h2-15,27,42H,16-19H2,1H3. The first-order chi connectivity index (χ1) is 19.8. The maximum absolute atomic E-state index is 14.0. The van der Waals surface area contributed by atoms with Crippen LogP contribution in [0.25, 0.3) is 0 Å². The minimum absolute atomic E-state index is 0.171. The van der Waals surface area contributed by atoms with Gasteiger partial charge in [-0.3, -0.25) is 14.3 Å². The van der Waals surface area contributed by atoms with Gasteiger partial charge in [-0.05, 0) is 23.6 Å². The molecule has 0 fully saturated rings. The van der Waals surface area contributed by atoms with Crippen molar-refractivity contribution < 1.29 is 31.4 Å². The first-order valence-corrected chi connectivity index (χ1v) is 13.2. The number of fused-ring (bicyclic) bond motifs is 1. The molecule has 0 bridgehead atoms. The van der Waals surface area contributed by atoms with Crippen LogP contribution in [0.2, 0.25) is 0 Å². The third kappa shape index (κ3) is 5.34. The number of nitrogens with zero attached hydrogens (tertiary/aromatic N) is 3. The summed E-state index contributed by atoms with van der Waals surface area (Å²) in [7, 11) is 0. The summed E-state index contributed by atoms with van der Waals surface area (Å²) >= 11 is 0. The predicted octanol–water partition coefficient (Wildman–Crippen LogP) is 6.06. The highest BCUT2D eigenvalue weighted by Gasteiger charge is 2.71. The number of benzene rings is 3. The van der Waals surface area contributed by atoms with Crippen molar-refractivity contribution in [2.45, 2.75) is 50.4 Å². The molecule has 0 unspecified atom stereocenters. The van der Waals surface area contributed by atoms with Gasteiger partial charge in [0.25, 0.3) is 11.2 Å². The average molecular weight is 588 g/mol. The largest absolute Gasteiger partial charge is 0.430 e. The van der Waals surface area contributed by atoms with Crippen molar-refractivity contribution in [2.24, 2.45) is 0 Å². The molecule has 42 heavy (non-hydrogen) atoms. The van der Waals surface area contributed by atoms with E-state index in [0.717, 1.165) is 23.3 Å². The zero-order valence-electron chi connectivity index (χ0n) is 22.5. The fourth-order valence-electron chi connectivity index (χ4n) is 5.46. The number of rotatable bonds is 6. The maximum atomic E-state index is 14.0. The van der Waals surface area contributed by atoms with E-state index >= 15 is 0 Å². The molecule has 5 nitrogen and oxygen atoms in total. The fraction of sp³-hybridized carbons (Fsp3) is 0.290. The van der Waals surface area contributed by atoms with Gasteiger partial charge in [-0.15, -0.1) is 0 Å². The van der Waals surface area contributed by atoms with Gasteiger partial charge in [0.1, 0.15) is 5.82 Å². The molecular weight excluding hydrogens is 560 g/mol. The highest BCUT2D eigenvalue weighted by molar-refractivity contribution is 5.35. The summed E-state index contributed by atoms with van der Waals surface area (Å²) in [5.74, 6) is 0.558. The van der Waals surface area contributed by atoms with Crippen LogP contribution in [-0.4, -0.2) is 38.5 Å². The molecular formula is C31H27F6N3O2. The van der Waals surface area contributed by atoms with Gasteiger partial charge in [-0.2, -0.15) is 26.3 Å². The first-order valence-electron chi connectivity index (χ1n) is 13.2. The van der Waals surface area contributed by atoms with E-state index in [9.17, 15) is 36.2 Å². The van der Waals surface area contributed by atoms with E-state index in [-0.39, 0.29) is 18.6 Å². The number of hydrogen-bond donors (Lipinski definition) is 1. The molecule has 5 rings (SSSR count). The highest BCUT2D eigenvalue weighted by Crippen LogP contribution is 2.50. The number of aryl methyl sites for hydroxylation is 1. The van der Waals surface area contributed by atoms with E-state index in [0.29, 0.717) is 47.7 Å². The molecule has 0 saturated carbocycles. The topological polar surface area (TPSA) is 58.4 Å². The van der Waals surface area contributed by atoms with Gasteiger partial charge in [-0.25, -0.2) is 4.98 Å². The van der Waals surface area contributed by atoms with Crippen LogP contribution in [0.15, 0.2) is 89.7 Å². The lowest BCUT2D eigenvalue weighted by Gasteiger charge is -2.33. The van der Waals surface area contributed by atoms with Crippen LogP contribution in [0.1, 0.15) is 45.4 Å². The minimum atomic E-state index is -5.95. The zero-order chi connectivity index (χ0) is 30.3. The molecule has 2 heterocycles. The molecule has 0 saturated heterocycles. The summed E-state index contributed by atoms with van der Waals surface area (Å²) in [6, 6.07) is 22.2. The van der Waals surface area contributed by atoms with Gasteiger partial charge >= 0.3 is 12.4 Å². The number of hydrogen-bond acceptors (Lipinski definition) is 4. The Morgan fingerprint density at radius 3 is 1.86 bits per heavy atom. The Bertz CT molecular complexity index is 1550. The summed E-state index contributed by atoms with van der Waals surface area (Å²) < 4.78 is 81.2. The molecule has 0 atom stereocenters. The first kappa shape index (κ1) is 29.5. The van der Waals surface area contributed by atoms with Gasteiger partial charge in [0, 0.05) is 31.6 Å². The summed E-state index contributed by atoms with van der Waals surface area (Å²) in [5.41, 5.74) is -3.11. The Morgan fingerprint density at radius 2 is 1.36 bits per heavy atom. The summed E-state index contributed by atoms with van der Waals surface area (Å²) in [6.07, 6.45) is -11.5. The van der Waals surface area contributed by atoms with Crippen LogP contribution in [-0.2, 0) is 25.1 Å². The Hall–Kier alpha value is -3.96. The lowest BCUT2D eigenvalue weighted by molar-refractivity contribution is -0.376. The second-order valence-corrected chi connectivity index (χ2v) is 10.3. The lowest BCUT2D eigenvalue weighted by Crippen LogP contribution is -2.53. The van der Waals surface area contributed by atoms with Crippen molar-refractivity contribution in [3.63, 3.8) is 0 Å². The van der Waals surface area contributed by atoms with E-state index in [1.54, 1.807) is 11.5 Å². The number of aromatic nitrogens is 2. The Labute approximate surface area is 237 Å². The molecule has 0 spiro atoms. The zero-order valence-corrected chi connectivity index (χ0v) is 22.5. The normalized spacial score (nSPS) is 14.7. The van der Waals surface area contributed by atoms with Gasteiger partial charge in [0.05, 0.1) is 17.3 Å². The van der Waals surface area contributed by atoms with Gasteiger partial charge < -0.3 is 5.11 Å². The summed E-state index contributed by atoms with van der Waals surface area (Å²) in [6.45, 7) is 2.65. The maximum Gasteiger partial charge on any atom is 0.430 e. The average Bonchev–Trinajstić information content (AvgIpc) is 2.95. The number of alkyl halides is 6. The van der Waals surface area contributed by atoms with Crippen LogP contribution in [0.3, 0.4) is 0 Å². The van der Waals surface area contributed by atoms with Crippen LogP contribution < -0.4 is 5.56 Å². The number of aliphatic hydroxyl groups is 1. The van der Waals surface area contributed by atoms with Crippen LogP contribution >= 0.6 is 0 Å². The Balaban J connectivity index is 1.45. The minimum Gasteiger partial charge on any atom is -0.369 e. The van der Waals surface area contributed by atoms with Crippen molar-refractivity contribution in [2.75, 3.05) is 6.54 Å². The smallest absolute Gasteiger partial charge is 0.369 e. The fourth-order valence-corrected chi connectivity index (χ4v) is 5.46. The molecule has 220 valence electrons. The van der Waals surface area contributed by atoms with Crippen molar-refractivity contribution in [3.05, 3.63) is 135 Å². The van der Waals surface area contributed by atoms with Gasteiger partial charge in [0.15, 0.2) is 0 Å². The molecule has 0 amide bonds. The van der Waals surface area contributed by atoms with E-state index in [1.807, 2.05) is 65.6 Å². The second-order valence-electron chi connectivity index (χ2n) is 10.3. The van der Waals surface area contributed by atoms with E-state index < -0.39 is 29.6 Å².